The summed E-state index contributed by atoms with van der Waals surface area (Å²) in [5, 5.41) is 2.73. The molecular weight excluding hydrogens is 439 g/mol. The number of anilines is 1. The number of carbonyl (C=O) groups excluding carboxylic acids is 2. The molecule has 0 atom stereocenters. The fourth-order valence-corrected chi connectivity index (χ4v) is 3.64. The number of aryl methyl sites for hydroxylation is 1. The SMILES string of the molecule is CCS(=O)(=O)Nc1cc(CNC(=O)CCc2nc3ccc(F)cc3[nH]2)cc(C(=O)OC)c1. The van der Waals surface area contributed by atoms with E-state index in [1.807, 2.05) is 0 Å². The molecule has 9 nitrogen and oxygen atoms in total. The van der Waals surface area contributed by atoms with Gasteiger partial charge in [-0.25, -0.2) is 22.6 Å². The Balaban J connectivity index is 1.64. The summed E-state index contributed by atoms with van der Waals surface area (Å²) in [5.74, 6) is -0.840. The highest BCUT2D eigenvalue weighted by molar-refractivity contribution is 7.92. The van der Waals surface area contributed by atoms with Crippen molar-refractivity contribution in [1.29, 1.82) is 0 Å². The lowest BCUT2D eigenvalue weighted by Crippen LogP contribution is -2.23. The number of hydrogen-bond donors (Lipinski definition) is 3. The van der Waals surface area contributed by atoms with Gasteiger partial charge in [0.05, 0.1) is 29.5 Å². The van der Waals surface area contributed by atoms with Gasteiger partial charge in [-0.1, -0.05) is 0 Å². The van der Waals surface area contributed by atoms with Crippen molar-refractivity contribution in [2.45, 2.75) is 26.3 Å². The second-order valence-corrected chi connectivity index (χ2v) is 9.05. The van der Waals surface area contributed by atoms with Crippen LogP contribution < -0.4 is 10.0 Å². The van der Waals surface area contributed by atoms with E-state index < -0.39 is 16.0 Å². The van der Waals surface area contributed by atoms with Crippen molar-refractivity contribution in [2.24, 2.45) is 0 Å². The molecule has 0 unspecified atom stereocenters. The molecule has 0 bridgehead atoms. The highest BCUT2D eigenvalue weighted by Gasteiger charge is 2.14. The number of fused-ring (bicyclic) bond motifs is 1. The van der Waals surface area contributed by atoms with Gasteiger partial charge in [-0.15, -0.1) is 0 Å². The zero-order chi connectivity index (χ0) is 23.3. The average molecular weight is 463 g/mol. The summed E-state index contributed by atoms with van der Waals surface area (Å²) in [5.41, 5.74) is 2.05. The summed E-state index contributed by atoms with van der Waals surface area (Å²) in [6.07, 6.45) is 0.459. The first kappa shape index (κ1) is 23.2. The summed E-state index contributed by atoms with van der Waals surface area (Å²) in [7, 11) is -2.32. The summed E-state index contributed by atoms with van der Waals surface area (Å²) < 4.78 is 44.1. The Kier molecular flexibility index (Phi) is 7.08. The minimum atomic E-state index is -3.55. The van der Waals surface area contributed by atoms with Crippen LogP contribution in [0.1, 0.15) is 35.1 Å². The lowest BCUT2D eigenvalue weighted by atomic mass is 10.1. The molecule has 11 heteroatoms. The van der Waals surface area contributed by atoms with E-state index in [2.05, 4.69) is 20.0 Å². The molecule has 0 fully saturated rings. The molecule has 170 valence electrons. The zero-order valence-corrected chi connectivity index (χ0v) is 18.4. The van der Waals surface area contributed by atoms with Crippen LogP contribution >= 0.6 is 0 Å². The number of imidazole rings is 1. The number of nitrogens with zero attached hydrogens (tertiary/aromatic N) is 1. The van der Waals surface area contributed by atoms with E-state index in [-0.39, 0.29) is 41.7 Å². The maximum absolute atomic E-state index is 13.3. The van der Waals surface area contributed by atoms with Gasteiger partial charge in [-0.05, 0) is 48.9 Å². The number of ether oxygens (including phenoxy) is 1. The molecular formula is C21H23FN4O5S. The number of sulfonamides is 1. The maximum atomic E-state index is 13.3. The predicted octanol–water partition coefficient (Wildman–Crippen LogP) is 2.50. The molecule has 0 saturated carbocycles. The third-order valence-electron chi connectivity index (χ3n) is 4.64. The molecule has 3 aromatic rings. The van der Waals surface area contributed by atoms with E-state index in [0.717, 1.165) is 0 Å². The van der Waals surface area contributed by atoms with Gasteiger partial charge in [0.25, 0.3) is 0 Å². The van der Waals surface area contributed by atoms with Crippen LogP contribution in [0.3, 0.4) is 0 Å². The molecule has 0 spiro atoms. The number of halogens is 1. The lowest BCUT2D eigenvalue weighted by molar-refractivity contribution is -0.121. The number of methoxy groups -OCH3 is 1. The van der Waals surface area contributed by atoms with Gasteiger partial charge in [0.15, 0.2) is 0 Å². The largest absolute Gasteiger partial charge is 0.465 e. The summed E-state index contributed by atoms with van der Waals surface area (Å²) in [6, 6.07) is 8.64. The van der Waals surface area contributed by atoms with E-state index >= 15 is 0 Å². The average Bonchev–Trinajstić information content (AvgIpc) is 3.17. The van der Waals surface area contributed by atoms with Gasteiger partial charge >= 0.3 is 5.97 Å². The molecule has 0 radical (unpaired) electrons. The first-order valence-electron chi connectivity index (χ1n) is 9.82. The number of amides is 1. The van der Waals surface area contributed by atoms with Gasteiger partial charge in [0, 0.05) is 25.1 Å². The zero-order valence-electron chi connectivity index (χ0n) is 17.6. The van der Waals surface area contributed by atoms with Gasteiger partial charge in [0.1, 0.15) is 11.6 Å². The molecule has 1 amide bonds. The quantitative estimate of drug-likeness (QED) is 0.419. The number of nitrogens with one attached hydrogen (secondary N) is 3. The molecule has 3 rings (SSSR count). The van der Waals surface area contributed by atoms with E-state index in [4.69, 9.17) is 4.74 Å². The second-order valence-electron chi connectivity index (χ2n) is 7.04. The Morgan fingerprint density at radius 3 is 2.69 bits per heavy atom. The van der Waals surface area contributed by atoms with Crippen molar-refractivity contribution >= 4 is 38.6 Å². The first-order chi connectivity index (χ1) is 15.2. The Bertz CT molecular complexity index is 1260. The Labute approximate surface area is 184 Å². The molecule has 0 aliphatic carbocycles. The van der Waals surface area contributed by atoms with Crippen molar-refractivity contribution in [2.75, 3.05) is 17.6 Å². The highest BCUT2D eigenvalue weighted by Crippen LogP contribution is 2.18. The molecule has 1 aromatic heterocycles. The van der Waals surface area contributed by atoms with Gasteiger partial charge in [0.2, 0.25) is 15.9 Å². The number of hydrogen-bond acceptors (Lipinski definition) is 6. The highest BCUT2D eigenvalue weighted by atomic mass is 32.2. The van der Waals surface area contributed by atoms with Crippen LogP contribution in [-0.2, 0) is 32.5 Å². The normalized spacial score (nSPS) is 11.3. The van der Waals surface area contributed by atoms with E-state index in [0.29, 0.717) is 28.8 Å². The fraction of sp³-hybridized carbons (Fsp3) is 0.286. The third-order valence-corrected chi connectivity index (χ3v) is 5.95. The van der Waals surface area contributed by atoms with Crippen molar-refractivity contribution in [1.82, 2.24) is 15.3 Å². The summed E-state index contributed by atoms with van der Waals surface area (Å²) >= 11 is 0. The summed E-state index contributed by atoms with van der Waals surface area (Å²) in [6.45, 7) is 1.57. The third kappa shape index (κ3) is 6.03. The number of aromatic amines is 1. The molecule has 3 N–H and O–H groups in total. The number of esters is 1. The van der Waals surface area contributed by atoms with Crippen LogP contribution in [0.15, 0.2) is 36.4 Å². The second kappa shape index (κ2) is 9.77. The number of H-pyrrole nitrogens is 1. The fourth-order valence-electron chi connectivity index (χ4n) is 3.01. The lowest BCUT2D eigenvalue weighted by Gasteiger charge is -2.11. The van der Waals surface area contributed by atoms with Crippen molar-refractivity contribution < 1.29 is 27.1 Å². The minimum absolute atomic E-state index is 0.0792. The van der Waals surface area contributed by atoms with Crippen LogP contribution in [0.5, 0.6) is 0 Å². The molecule has 0 aliphatic rings. The van der Waals surface area contributed by atoms with E-state index in [9.17, 15) is 22.4 Å². The van der Waals surface area contributed by atoms with Crippen molar-refractivity contribution in [3.05, 3.63) is 59.2 Å². The van der Waals surface area contributed by atoms with Crippen LogP contribution in [0, 0.1) is 5.82 Å². The van der Waals surface area contributed by atoms with Gasteiger partial charge in [-0.2, -0.15) is 0 Å². The number of aromatic nitrogens is 2. The molecule has 32 heavy (non-hydrogen) atoms. The van der Waals surface area contributed by atoms with Crippen molar-refractivity contribution in [3.8, 4) is 0 Å². The van der Waals surface area contributed by atoms with Crippen LogP contribution in [-0.4, -0.2) is 43.1 Å². The summed E-state index contributed by atoms with van der Waals surface area (Å²) in [4.78, 5) is 31.5. The maximum Gasteiger partial charge on any atom is 0.337 e. The van der Waals surface area contributed by atoms with Crippen LogP contribution in [0.25, 0.3) is 11.0 Å². The Morgan fingerprint density at radius 1 is 1.19 bits per heavy atom. The smallest absolute Gasteiger partial charge is 0.337 e. The van der Waals surface area contributed by atoms with E-state index in [1.54, 1.807) is 6.07 Å². The van der Waals surface area contributed by atoms with Crippen LogP contribution in [0.2, 0.25) is 0 Å². The van der Waals surface area contributed by atoms with Gasteiger partial charge in [-0.3, -0.25) is 9.52 Å². The van der Waals surface area contributed by atoms with E-state index in [1.165, 1.54) is 44.4 Å². The number of benzene rings is 2. The van der Waals surface area contributed by atoms with Crippen LogP contribution in [0.4, 0.5) is 10.1 Å². The minimum Gasteiger partial charge on any atom is -0.465 e. The van der Waals surface area contributed by atoms with Gasteiger partial charge < -0.3 is 15.0 Å². The molecule has 0 saturated heterocycles. The number of carbonyl (C=O) groups is 2. The predicted molar refractivity (Wildman–Crippen MR) is 117 cm³/mol. The number of rotatable bonds is 9. The standard InChI is InChI=1S/C21H23FN4O5S/c1-3-32(29,30)26-16-9-13(8-14(10-16)21(28)31-2)12-23-20(27)7-6-19-24-17-5-4-15(22)11-18(17)25-19/h4-5,8-11,26H,3,6-7,12H2,1-2H3,(H,23,27)(H,24,25). The Morgan fingerprint density at radius 2 is 1.97 bits per heavy atom. The molecule has 2 aromatic carbocycles. The Hall–Kier alpha value is -3.47. The molecule has 0 aliphatic heterocycles. The first-order valence-corrected chi connectivity index (χ1v) is 11.5. The van der Waals surface area contributed by atoms with Crippen molar-refractivity contribution in [3.63, 3.8) is 0 Å². The molecule has 1 heterocycles. The monoisotopic (exact) mass is 462 g/mol. The topological polar surface area (TPSA) is 130 Å².